The Labute approximate surface area is 322 Å². The highest BCUT2D eigenvalue weighted by atomic mass is 31.2. The Morgan fingerprint density at radius 1 is 0.635 bits per heavy atom. The van der Waals surface area contributed by atoms with E-state index in [4.69, 9.17) is 9.05 Å². The number of nitrogens with one attached hydrogen (secondary N) is 1. The molecule has 0 heterocycles. The Morgan fingerprint density at radius 2 is 1.04 bits per heavy atom. The molecule has 0 saturated heterocycles. The fourth-order valence-electron chi connectivity index (χ4n) is 6.45. The molecule has 1 amide bonds. The van der Waals surface area contributed by atoms with Gasteiger partial charge in [-0.1, -0.05) is 174 Å². The number of hydrogen-bond acceptors (Lipinski definition) is 5. The molecule has 52 heavy (non-hydrogen) atoms. The van der Waals surface area contributed by atoms with Gasteiger partial charge in [-0.15, -0.1) is 0 Å². The van der Waals surface area contributed by atoms with Crippen LogP contribution in [0.2, 0.25) is 0 Å². The minimum atomic E-state index is -4.31. The zero-order valence-electron chi connectivity index (χ0n) is 35.1. The summed E-state index contributed by atoms with van der Waals surface area (Å²) in [6.45, 7) is 4.86. The lowest BCUT2D eigenvalue weighted by molar-refractivity contribution is -0.870. The first kappa shape index (κ1) is 51.2. The SMILES string of the molecule is CCCCCCCC/C=C/CCCC[C@@H](O)[C@H](COP(=O)(O)OCC[N+](C)(C)C)NC(=O)CCCCCCCCCCCCCCCCCCCC. The van der Waals surface area contributed by atoms with Crippen LogP contribution in [0.5, 0.6) is 0 Å². The van der Waals surface area contributed by atoms with Crippen LogP contribution in [0.1, 0.15) is 206 Å². The van der Waals surface area contributed by atoms with E-state index in [0.717, 1.165) is 44.9 Å². The van der Waals surface area contributed by atoms with Gasteiger partial charge in [-0.3, -0.25) is 13.8 Å². The average Bonchev–Trinajstić information content (AvgIpc) is 3.09. The first-order chi connectivity index (χ1) is 25.0. The lowest BCUT2D eigenvalue weighted by Gasteiger charge is -2.26. The number of aliphatic hydroxyl groups is 1. The fraction of sp³-hybridized carbons (Fsp3) is 0.930. The van der Waals surface area contributed by atoms with Crippen LogP contribution < -0.4 is 5.32 Å². The first-order valence-corrected chi connectivity index (χ1v) is 23.5. The number of hydrogen-bond donors (Lipinski definition) is 3. The number of unbranched alkanes of at least 4 members (excludes halogenated alkanes) is 25. The molecule has 0 rings (SSSR count). The molecule has 3 N–H and O–H groups in total. The van der Waals surface area contributed by atoms with Crippen LogP contribution >= 0.6 is 7.82 Å². The summed E-state index contributed by atoms with van der Waals surface area (Å²) in [5, 5.41) is 13.9. The summed E-state index contributed by atoms with van der Waals surface area (Å²) in [4.78, 5) is 23.1. The van der Waals surface area contributed by atoms with Gasteiger partial charge in [0.15, 0.2) is 0 Å². The summed E-state index contributed by atoms with van der Waals surface area (Å²) >= 11 is 0. The Bertz CT molecular complexity index is 865. The zero-order chi connectivity index (χ0) is 38.6. The van der Waals surface area contributed by atoms with Crippen molar-refractivity contribution in [2.45, 2.75) is 219 Å². The second-order valence-corrected chi connectivity index (χ2v) is 17.9. The van der Waals surface area contributed by atoms with E-state index in [2.05, 4.69) is 31.3 Å². The molecule has 0 aliphatic heterocycles. The Hall–Kier alpha value is -0.760. The van der Waals surface area contributed by atoms with Crippen molar-refractivity contribution in [3.05, 3.63) is 12.2 Å². The van der Waals surface area contributed by atoms with E-state index < -0.39 is 20.0 Å². The molecule has 0 aliphatic carbocycles. The number of amides is 1. The number of quaternary nitrogens is 1. The summed E-state index contributed by atoms with van der Waals surface area (Å²) in [6, 6.07) is -0.770. The van der Waals surface area contributed by atoms with Gasteiger partial charge in [0.2, 0.25) is 5.91 Å². The normalized spacial score (nSPS) is 14.5. The van der Waals surface area contributed by atoms with Crippen molar-refractivity contribution in [3.8, 4) is 0 Å². The maximum absolute atomic E-state index is 12.9. The predicted molar refractivity (Wildman–Crippen MR) is 222 cm³/mol. The topological polar surface area (TPSA) is 105 Å². The summed E-state index contributed by atoms with van der Waals surface area (Å²) in [6.07, 6.45) is 39.5. The van der Waals surface area contributed by atoms with Gasteiger partial charge in [-0.2, -0.15) is 0 Å². The number of carbonyl (C=O) groups excluding carboxylic acids is 1. The monoisotopic (exact) mass is 760 g/mol. The molecule has 0 radical (unpaired) electrons. The van der Waals surface area contributed by atoms with E-state index >= 15 is 0 Å². The number of phosphoric ester groups is 1. The number of aliphatic hydroxyl groups excluding tert-OH is 1. The maximum atomic E-state index is 12.9. The molecule has 310 valence electrons. The second kappa shape index (κ2) is 35.9. The standard InChI is InChI=1S/C43H87N2O6P/c1-6-8-10-12-14-16-18-20-21-22-23-24-25-27-29-31-33-35-37-43(47)44-41(40-51-52(48,49)50-39-38-45(3,4)5)42(46)36-34-32-30-28-26-19-17-15-13-11-9-7-2/h26,28,41-42,46H,6-25,27,29-40H2,1-5H3,(H-,44,47,48,49)/p+1/b28-26+/t41-,42+/m0/s1. The van der Waals surface area contributed by atoms with Crippen molar-refractivity contribution in [2.24, 2.45) is 0 Å². The van der Waals surface area contributed by atoms with Gasteiger partial charge in [0, 0.05) is 6.42 Å². The summed E-state index contributed by atoms with van der Waals surface area (Å²) in [7, 11) is 1.61. The van der Waals surface area contributed by atoms with Crippen molar-refractivity contribution in [2.75, 3.05) is 40.9 Å². The van der Waals surface area contributed by atoms with Gasteiger partial charge in [0.25, 0.3) is 0 Å². The number of phosphoric acid groups is 1. The fourth-order valence-corrected chi connectivity index (χ4v) is 7.19. The van der Waals surface area contributed by atoms with Crippen molar-refractivity contribution < 1.29 is 32.9 Å². The van der Waals surface area contributed by atoms with Crippen molar-refractivity contribution in [3.63, 3.8) is 0 Å². The highest BCUT2D eigenvalue weighted by Gasteiger charge is 2.28. The molecule has 0 saturated carbocycles. The number of carbonyl (C=O) groups is 1. The Morgan fingerprint density at radius 3 is 1.48 bits per heavy atom. The van der Waals surface area contributed by atoms with Crippen LogP contribution in [0, 0.1) is 0 Å². The quantitative estimate of drug-likeness (QED) is 0.0249. The lowest BCUT2D eigenvalue weighted by Crippen LogP contribution is -2.46. The zero-order valence-corrected chi connectivity index (χ0v) is 36.0. The molecule has 9 heteroatoms. The van der Waals surface area contributed by atoms with Crippen LogP contribution in [0.25, 0.3) is 0 Å². The smallest absolute Gasteiger partial charge is 0.391 e. The van der Waals surface area contributed by atoms with Crippen LogP contribution in [0.4, 0.5) is 0 Å². The summed E-state index contributed by atoms with van der Waals surface area (Å²) in [5.74, 6) is -0.152. The van der Waals surface area contributed by atoms with Gasteiger partial charge in [-0.25, -0.2) is 4.57 Å². The van der Waals surface area contributed by atoms with Crippen molar-refractivity contribution in [1.29, 1.82) is 0 Å². The Kier molecular flexibility index (Phi) is 35.4. The number of nitrogens with zero attached hydrogens (tertiary/aromatic N) is 1. The van der Waals surface area contributed by atoms with Crippen LogP contribution in [-0.4, -0.2) is 73.4 Å². The molecular formula is C43H88N2O6P+. The third kappa shape index (κ3) is 37.6. The molecular weight excluding hydrogens is 671 g/mol. The molecule has 0 aromatic carbocycles. The molecule has 0 aliphatic rings. The first-order valence-electron chi connectivity index (χ1n) is 22.1. The van der Waals surface area contributed by atoms with Gasteiger partial charge < -0.3 is 19.8 Å². The van der Waals surface area contributed by atoms with Gasteiger partial charge in [-0.05, 0) is 38.5 Å². The van der Waals surface area contributed by atoms with Crippen LogP contribution in [-0.2, 0) is 18.4 Å². The number of likely N-dealkylation sites (N-methyl/N-ethyl adjacent to an activating group) is 1. The molecule has 3 atom stereocenters. The predicted octanol–water partition coefficient (Wildman–Crippen LogP) is 12.0. The molecule has 0 spiro atoms. The Balaban J connectivity index is 4.33. The molecule has 0 bridgehead atoms. The van der Waals surface area contributed by atoms with Crippen molar-refractivity contribution >= 4 is 13.7 Å². The van der Waals surface area contributed by atoms with Gasteiger partial charge in [0.05, 0.1) is 39.9 Å². The van der Waals surface area contributed by atoms with Crippen LogP contribution in [0.3, 0.4) is 0 Å². The van der Waals surface area contributed by atoms with E-state index in [1.165, 1.54) is 135 Å². The molecule has 8 nitrogen and oxygen atoms in total. The highest BCUT2D eigenvalue weighted by Crippen LogP contribution is 2.43. The molecule has 0 fully saturated rings. The van der Waals surface area contributed by atoms with E-state index in [1.54, 1.807) is 0 Å². The second-order valence-electron chi connectivity index (χ2n) is 16.4. The lowest BCUT2D eigenvalue weighted by atomic mass is 10.0. The highest BCUT2D eigenvalue weighted by molar-refractivity contribution is 7.47. The number of rotatable bonds is 40. The van der Waals surface area contributed by atoms with E-state index in [-0.39, 0.29) is 19.1 Å². The van der Waals surface area contributed by atoms with E-state index in [0.29, 0.717) is 23.9 Å². The molecule has 0 aromatic rings. The molecule has 0 aromatic heterocycles. The summed E-state index contributed by atoms with van der Waals surface area (Å²) in [5.41, 5.74) is 0. The van der Waals surface area contributed by atoms with Crippen LogP contribution in [0.15, 0.2) is 12.2 Å². The van der Waals surface area contributed by atoms with E-state index in [9.17, 15) is 19.4 Å². The third-order valence-corrected chi connectivity index (χ3v) is 11.0. The minimum Gasteiger partial charge on any atom is -0.391 e. The summed E-state index contributed by atoms with van der Waals surface area (Å²) < 4.78 is 23.6. The average molecular weight is 760 g/mol. The van der Waals surface area contributed by atoms with Gasteiger partial charge >= 0.3 is 7.82 Å². The largest absolute Gasteiger partial charge is 0.472 e. The van der Waals surface area contributed by atoms with E-state index in [1.807, 2.05) is 21.1 Å². The molecule has 1 unspecified atom stereocenters. The third-order valence-electron chi connectivity index (χ3n) is 10.0. The van der Waals surface area contributed by atoms with Gasteiger partial charge in [0.1, 0.15) is 13.2 Å². The minimum absolute atomic E-state index is 0.0720. The van der Waals surface area contributed by atoms with Crippen molar-refractivity contribution in [1.82, 2.24) is 5.32 Å². The maximum Gasteiger partial charge on any atom is 0.472 e. The number of allylic oxidation sites excluding steroid dienone is 2.